The van der Waals surface area contributed by atoms with Crippen LogP contribution in [0, 0.1) is 0 Å². The first kappa shape index (κ1) is 8.88. The van der Waals surface area contributed by atoms with Crippen LogP contribution in [0.5, 0.6) is 0 Å². The minimum Gasteiger partial charge on any atom is -0.369 e. The van der Waals surface area contributed by atoms with E-state index in [0.29, 0.717) is 12.0 Å². The third kappa shape index (κ3) is 1.62. The Morgan fingerprint density at radius 3 is 2.67 bits per heavy atom. The SMILES string of the molecule is NC(=O)Cc1nnn(C2CC2)c1C1CC1. The molecule has 2 N–H and O–H groups in total. The van der Waals surface area contributed by atoms with Crippen molar-refractivity contribution in [2.45, 2.75) is 44.1 Å². The Hall–Kier alpha value is -1.39. The van der Waals surface area contributed by atoms with E-state index < -0.39 is 0 Å². The minimum atomic E-state index is -0.320. The van der Waals surface area contributed by atoms with Crippen molar-refractivity contribution in [2.24, 2.45) is 5.73 Å². The maximum absolute atomic E-state index is 10.9. The second-order valence-corrected chi connectivity index (χ2v) is 4.51. The summed E-state index contributed by atoms with van der Waals surface area (Å²) in [6.45, 7) is 0. The van der Waals surface area contributed by atoms with Gasteiger partial charge in [0, 0.05) is 5.92 Å². The molecule has 2 aliphatic carbocycles. The van der Waals surface area contributed by atoms with Crippen LogP contribution in [-0.4, -0.2) is 20.9 Å². The van der Waals surface area contributed by atoms with Crippen LogP contribution in [0.2, 0.25) is 0 Å². The molecule has 0 unspecified atom stereocenters. The van der Waals surface area contributed by atoms with Crippen LogP contribution in [0.25, 0.3) is 0 Å². The molecular formula is C10H14N4O. The van der Waals surface area contributed by atoms with Gasteiger partial charge in [0.2, 0.25) is 5.91 Å². The molecule has 80 valence electrons. The Balaban J connectivity index is 1.94. The Kier molecular flexibility index (Phi) is 1.81. The normalized spacial score (nSPS) is 20.5. The van der Waals surface area contributed by atoms with Crippen molar-refractivity contribution in [1.29, 1.82) is 0 Å². The summed E-state index contributed by atoms with van der Waals surface area (Å²) in [4.78, 5) is 10.9. The summed E-state index contributed by atoms with van der Waals surface area (Å²) in [5.41, 5.74) is 7.18. The number of carbonyl (C=O) groups is 1. The number of nitrogens with two attached hydrogens (primary N) is 1. The summed E-state index contributed by atoms with van der Waals surface area (Å²) in [6.07, 6.45) is 5.02. The first-order valence-electron chi connectivity index (χ1n) is 5.48. The molecule has 1 aromatic rings. The maximum Gasteiger partial charge on any atom is 0.223 e. The fourth-order valence-electron chi connectivity index (χ4n) is 1.99. The van der Waals surface area contributed by atoms with Crippen molar-refractivity contribution in [3.63, 3.8) is 0 Å². The lowest BCUT2D eigenvalue weighted by Crippen LogP contribution is -2.15. The van der Waals surface area contributed by atoms with Crippen molar-refractivity contribution < 1.29 is 4.79 Å². The second kappa shape index (κ2) is 3.05. The van der Waals surface area contributed by atoms with E-state index in [1.807, 2.05) is 4.68 Å². The quantitative estimate of drug-likeness (QED) is 0.780. The third-order valence-corrected chi connectivity index (χ3v) is 3.00. The lowest BCUT2D eigenvalue weighted by molar-refractivity contribution is -0.117. The van der Waals surface area contributed by atoms with Crippen LogP contribution in [0.3, 0.4) is 0 Å². The van der Waals surface area contributed by atoms with E-state index in [9.17, 15) is 4.79 Å². The lowest BCUT2D eigenvalue weighted by Gasteiger charge is -2.04. The Bertz CT molecular complexity index is 404. The molecule has 2 saturated carbocycles. The van der Waals surface area contributed by atoms with Crippen LogP contribution < -0.4 is 5.73 Å². The highest BCUT2D eigenvalue weighted by atomic mass is 16.1. The molecule has 5 heteroatoms. The summed E-state index contributed by atoms with van der Waals surface area (Å²) >= 11 is 0. The highest BCUT2D eigenvalue weighted by molar-refractivity contribution is 5.76. The van der Waals surface area contributed by atoms with Gasteiger partial charge < -0.3 is 5.73 Å². The molecule has 0 bridgehead atoms. The van der Waals surface area contributed by atoms with Crippen molar-refractivity contribution >= 4 is 5.91 Å². The van der Waals surface area contributed by atoms with Crippen molar-refractivity contribution in [1.82, 2.24) is 15.0 Å². The molecule has 0 spiro atoms. The van der Waals surface area contributed by atoms with Gasteiger partial charge in [-0.05, 0) is 25.7 Å². The molecule has 0 atom stereocenters. The van der Waals surface area contributed by atoms with Crippen molar-refractivity contribution in [3.05, 3.63) is 11.4 Å². The Morgan fingerprint density at radius 2 is 2.13 bits per heavy atom. The van der Waals surface area contributed by atoms with Gasteiger partial charge in [0.05, 0.1) is 23.9 Å². The zero-order valence-corrected chi connectivity index (χ0v) is 8.52. The second-order valence-electron chi connectivity index (χ2n) is 4.51. The van der Waals surface area contributed by atoms with Crippen molar-refractivity contribution in [2.75, 3.05) is 0 Å². The van der Waals surface area contributed by atoms with Crippen LogP contribution in [0.4, 0.5) is 0 Å². The highest BCUT2D eigenvalue weighted by Crippen LogP contribution is 2.45. The fourth-order valence-corrected chi connectivity index (χ4v) is 1.99. The van der Waals surface area contributed by atoms with Gasteiger partial charge in [-0.25, -0.2) is 4.68 Å². The molecule has 0 radical (unpaired) electrons. The molecule has 0 saturated heterocycles. The predicted molar refractivity (Wildman–Crippen MR) is 53.2 cm³/mol. The molecule has 3 rings (SSSR count). The van der Waals surface area contributed by atoms with Gasteiger partial charge in [-0.15, -0.1) is 5.10 Å². The molecule has 0 aliphatic heterocycles. The highest BCUT2D eigenvalue weighted by Gasteiger charge is 2.36. The lowest BCUT2D eigenvalue weighted by atomic mass is 10.2. The van der Waals surface area contributed by atoms with Crippen molar-refractivity contribution in [3.8, 4) is 0 Å². The fraction of sp³-hybridized carbons (Fsp3) is 0.700. The monoisotopic (exact) mass is 206 g/mol. The number of amides is 1. The maximum atomic E-state index is 10.9. The van der Waals surface area contributed by atoms with E-state index in [2.05, 4.69) is 10.3 Å². The van der Waals surface area contributed by atoms with Crippen LogP contribution >= 0.6 is 0 Å². The first-order valence-corrected chi connectivity index (χ1v) is 5.48. The van der Waals surface area contributed by atoms with E-state index in [-0.39, 0.29) is 12.3 Å². The number of primary amides is 1. The summed E-state index contributed by atoms with van der Waals surface area (Å²) in [7, 11) is 0. The van der Waals surface area contributed by atoms with Gasteiger partial charge in [-0.1, -0.05) is 5.21 Å². The molecule has 15 heavy (non-hydrogen) atoms. The molecule has 5 nitrogen and oxygen atoms in total. The summed E-state index contributed by atoms with van der Waals surface area (Å²) in [5, 5.41) is 8.24. The molecular weight excluding hydrogens is 192 g/mol. The number of aromatic nitrogens is 3. The summed E-state index contributed by atoms with van der Waals surface area (Å²) < 4.78 is 2.02. The van der Waals surface area contributed by atoms with E-state index in [4.69, 9.17) is 5.73 Å². The van der Waals surface area contributed by atoms with E-state index in [1.54, 1.807) is 0 Å². The van der Waals surface area contributed by atoms with Gasteiger partial charge >= 0.3 is 0 Å². The number of rotatable bonds is 4. The standard InChI is InChI=1S/C10H14N4O/c11-9(15)5-8-10(6-1-2-6)14(13-12-8)7-3-4-7/h6-7H,1-5H2,(H2,11,15). The van der Waals surface area contributed by atoms with Gasteiger partial charge in [0.25, 0.3) is 0 Å². The number of hydrogen-bond acceptors (Lipinski definition) is 3. The first-order chi connectivity index (χ1) is 7.25. The largest absolute Gasteiger partial charge is 0.369 e. The topological polar surface area (TPSA) is 73.8 Å². The Morgan fingerprint density at radius 1 is 1.40 bits per heavy atom. The minimum absolute atomic E-state index is 0.235. The molecule has 1 aromatic heterocycles. The van der Waals surface area contributed by atoms with Gasteiger partial charge in [-0.2, -0.15) is 0 Å². The summed E-state index contributed by atoms with van der Waals surface area (Å²) in [6, 6.07) is 0.537. The smallest absolute Gasteiger partial charge is 0.223 e. The zero-order valence-electron chi connectivity index (χ0n) is 8.52. The zero-order chi connectivity index (χ0) is 10.4. The number of carbonyl (C=O) groups excluding carboxylic acids is 1. The molecule has 2 aliphatic rings. The molecule has 0 aromatic carbocycles. The van der Waals surface area contributed by atoms with E-state index in [0.717, 1.165) is 5.69 Å². The molecule has 1 heterocycles. The third-order valence-electron chi connectivity index (χ3n) is 3.00. The average Bonchev–Trinajstić information content (AvgIpc) is 3.06. The predicted octanol–water partition coefficient (Wildman–Crippen LogP) is 0.518. The number of hydrogen-bond donors (Lipinski definition) is 1. The number of nitrogens with zero attached hydrogens (tertiary/aromatic N) is 3. The van der Waals surface area contributed by atoms with Gasteiger partial charge in [0.15, 0.2) is 0 Å². The van der Waals surface area contributed by atoms with Crippen LogP contribution in [0.1, 0.15) is 49.0 Å². The van der Waals surface area contributed by atoms with Gasteiger partial charge in [0.1, 0.15) is 0 Å². The van der Waals surface area contributed by atoms with Crippen LogP contribution in [0.15, 0.2) is 0 Å². The average molecular weight is 206 g/mol. The van der Waals surface area contributed by atoms with E-state index >= 15 is 0 Å². The molecule has 1 amide bonds. The van der Waals surface area contributed by atoms with Crippen LogP contribution in [-0.2, 0) is 11.2 Å². The van der Waals surface area contributed by atoms with Gasteiger partial charge in [-0.3, -0.25) is 4.79 Å². The molecule has 2 fully saturated rings. The Labute approximate surface area is 87.6 Å². The summed E-state index contributed by atoms with van der Waals surface area (Å²) in [5.74, 6) is 0.259. The van der Waals surface area contributed by atoms with E-state index in [1.165, 1.54) is 31.4 Å².